The third kappa shape index (κ3) is 4.30. The lowest BCUT2D eigenvalue weighted by molar-refractivity contribution is -0.116. The molecule has 0 saturated carbocycles. The van der Waals surface area contributed by atoms with Crippen LogP contribution in [-0.4, -0.2) is 15.7 Å². The zero-order valence-corrected chi connectivity index (χ0v) is 11.1. The van der Waals surface area contributed by atoms with Crippen molar-refractivity contribution in [3.05, 3.63) is 41.7 Å². The molecule has 0 saturated heterocycles. The Morgan fingerprint density at radius 1 is 1.37 bits per heavy atom. The number of anilines is 2. The summed E-state index contributed by atoms with van der Waals surface area (Å²) in [5, 5.41) is 7.46. The topological polar surface area (TPSA) is 72.9 Å². The van der Waals surface area contributed by atoms with Crippen molar-refractivity contribution in [2.24, 2.45) is 0 Å². The van der Waals surface area contributed by atoms with Crippen molar-refractivity contribution in [1.82, 2.24) is 9.78 Å². The van der Waals surface area contributed by atoms with E-state index in [0.717, 1.165) is 5.69 Å². The molecule has 1 amide bonds. The molecular weight excluding hydrogens is 264 g/mol. The largest absolute Gasteiger partial charge is 0.399 e. The summed E-state index contributed by atoms with van der Waals surface area (Å²) in [6.07, 6.45) is 4.45. The van der Waals surface area contributed by atoms with E-state index in [4.69, 9.17) is 17.3 Å². The van der Waals surface area contributed by atoms with Gasteiger partial charge in [-0.3, -0.25) is 9.48 Å². The molecule has 0 aliphatic heterocycles. The molecule has 0 unspecified atom stereocenters. The minimum Gasteiger partial charge on any atom is -0.399 e. The van der Waals surface area contributed by atoms with Crippen molar-refractivity contribution in [3.63, 3.8) is 0 Å². The van der Waals surface area contributed by atoms with Crippen molar-refractivity contribution in [3.8, 4) is 0 Å². The maximum Gasteiger partial charge on any atom is 0.224 e. The summed E-state index contributed by atoms with van der Waals surface area (Å²) in [6, 6.07) is 7.06. The Bertz CT molecular complexity index is 550. The average Bonchev–Trinajstić information content (AvgIpc) is 2.78. The monoisotopic (exact) mass is 278 g/mol. The smallest absolute Gasteiger partial charge is 0.224 e. The van der Waals surface area contributed by atoms with Crippen molar-refractivity contribution >= 4 is 28.9 Å². The highest BCUT2D eigenvalue weighted by molar-refractivity contribution is 6.30. The normalized spacial score (nSPS) is 10.4. The molecule has 0 fully saturated rings. The number of halogens is 1. The summed E-state index contributed by atoms with van der Waals surface area (Å²) in [7, 11) is 0. The number of aryl methyl sites for hydroxylation is 1. The van der Waals surface area contributed by atoms with Crippen LogP contribution in [-0.2, 0) is 11.3 Å². The molecule has 2 aromatic rings. The highest BCUT2D eigenvalue weighted by Gasteiger charge is 2.03. The zero-order valence-electron chi connectivity index (χ0n) is 10.3. The molecule has 1 aromatic heterocycles. The zero-order chi connectivity index (χ0) is 13.7. The minimum atomic E-state index is -0.0250. The van der Waals surface area contributed by atoms with E-state index in [-0.39, 0.29) is 5.91 Å². The first-order chi connectivity index (χ1) is 9.13. The first kappa shape index (κ1) is 13.4. The van der Waals surface area contributed by atoms with Gasteiger partial charge >= 0.3 is 0 Å². The second-order valence-corrected chi connectivity index (χ2v) is 4.63. The van der Waals surface area contributed by atoms with E-state index < -0.39 is 0 Å². The fraction of sp³-hybridized carbons (Fsp3) is 0.231. The summed E-state index contributed by atoms with van der Waals surface area (Å²) in [6.45, 7) is 0.669. The lowest BCUT2D eigenvalue weighted by Crippen LogP contribution is -2.12. The number of hydrogen-bond acceptors (Lipinski definition) is 3. The molecule has 0 aliphatic carbocycles. The number of carbonyl (C=O) groups is 1. The van der Waals surface area contributed by atoms with Crippen molar-refractivity contribution < 1.29 is 4.79 Å². The Balaban J connectivity index is 1.74. The number of hydrogen-bond donors (Lipinski definition) is 2. The van der Waals surface area contributed by atoms with Crippen LogP contribution >= 0.6 is 11.6 Å². The van der Waals surface area contributed by atoms with Crippen LogP contribution in [0.1, 0.15) is 12.8 Å². The second kappa shape index (κ2) is 6.24. The molecule has 0 radical (unpaired) electrons. The van der Waals surface area contributed by atoms with Gasteiger partial charge in [0.1, 0.15) is 0 Å². The first-order valence-electron chi connectivity index (χ1n) is 5.97. The van der Waals surface area contributed by atoms with Crippen molar-refractivity contribution in [1.29, 1.82) is 0 Å². The van der Waals surface area contributed by atoms with Crippen LogP contribution in [0.3, 0.4) is 0 Å². The highest BCUT2D eigenvalue weighted by atomic mass is 35.5. The summed E-state index contributed by atoms with van der Waals surface area (Å²) >= 11 is 5.75. The van der Waals surface area contributed by atoms with Gasteiger partial charge in [0.05, 0.1) is 11.2 Å². The van der Waals surface area contributed by atoms with E-state index in [1.807, 2.05) is 0 Å². The quantitative estimate of drug-likeness (QED) is 0.826. The Hall–Kier alpha value is -2.01. The number of benzene rings is 1. The van der Waals surface area contributed by atoms with Gasteiger partial charge in [0.2, 0.25) is 5.91 Å². The highest BCUT2D eigenvalue weighted by Crippen LogP contribution is 2.11. The van der Waals surface area contributed by atoms with Gasteiger partial charge in [0.15, 0.2) is 0 Å². The van der Waals surface area contributed by atoms with E-state index in [0.29, 0.717) is 30.1 Å². The molecular formula is C13H15ClN4O. The number of rotatable bonds is 5. The van der Waals surface area contributed by atoms with Gasteiger partial charge in [-0.05, 0) is 30.7 Å². The number of amides is 1. The molecule has 19 heavy (non-hydrogen) atoms. The lowest BCUT2D eigenvalue weighted by atomic mass is 10.2. The van der Waals surface area contributed by atoms with E-state index >= 15 is 0 Å². The SMILES string of the molecule is Nc1ccc(NC(=O)CCCn2cc(Cl)cn2)cc1. The maximum absolute atomic E-state index is 11.7. The average molecular weight is 279 g/mol. The lowest BCUT2D eigenvalue weighted by Gasteiger charge is -2.05. The molecule has 0 atom stereocenters. The van der Waals surface area contributed by atoms with Gasteiger partial charge in [0, 0.05) is 30.5 Å². The Kier molecular flexibility index (Phi) is 4.41. The van der Waals surface area contributed by atoms with E-state index in [1.165, 1.54) is 0 Å². The van der Waals surface area contributed by atoms with Crippen molar-refractivity contribution in [2.75, 3.05) is 11.1 Å². The third-order valence-electron chi connectivity index (χ3n) is 2.59. The third-order valence-corrected chi connectivity index (χ3v) is 2.78. The molecule has 1 aromatic carbocycles. The number of carbonyl (C=O) groups excluding carboxylic acids is 1. The van der Waals surface area contributed by atoms with Crippen molar-refractivity contribution in [2.45, 2.75) is 19.4 Å². The fourth-order valence-electron chi connectivity index (χ4n) is 1.65. The van der Waals surface area contributed by atoms with Crippen LogP contribution in [0, 0.1) is 0 Å². The van der Waals surface area contributed by atoms with Crippen LogP contribution in [0.2, 0.25) is 5.02 Å². The van der Waals surface area contributed by atoms with E-state index in [9.17, 15) is 4.79 Å². The summed E-state index contributed by atoms with van der Waals surface area (Å²) in [4.78, 5) is 11.7. The molecule has 0 aliphatic rings. The van der Waals surface area contributed by atoms with Gasteiger partial charge in [-0.15, -0.1) is 0 Å². The van der Waals surface area contributed by atoms with Gasteiger partial charge in [-0.2, -0.15) is 5.10 Å². The maximum atomic E-state index is 11.7. The minimum absolute atomic E-state index is 0.0250. The van der Waals surface area contributed by atoms with Crippen LogP contribution in [0.25, 0.3) is 0 Å². The molecule has 0 bridgehead atoms. The Morgan fingerprint density at radius 2 is 2.11 bits per heavy atom. The predicted molar refractivity (Wildman–Crippen MR) is 76.0 cm³/mol. The van der Waals surface area contributed by atoms with E-state index in [2.05, 4.69) is 10.4 Å². The Morgan fingerprint density at radius 3 is 2.74 bits per heavy atom. The van der Waals surface area contributed by atoms with Crippen LogP contribution in [0.5, 0.6) is 0 Å². The standard InChI is InChI=1S/C13H15ClN4O/c14-10-8-16-18(9-10)7-1-2-13(19)17-12-5-3-11(15)4-6-12/h3-6,8-9H,1-2,7,15H2,(H,17,19). The molecule has 2 rings (SSSR count). The first-order valence-corrected chi connectivity index (χ1v) is 6.34. The number of nitrogens with zero attached hydrogens (tertiary/aromatic N) is 2. The number of aromatic nitrogens is 2. The van der Waals surface area contributed by atoms with Gasteiger partial charge in [0.25, 0.3) is 0 Å². The Labute approximate surface area is 116 Å². The summed E-state index contributed by atoms with van der Waals surface area (Å²) in [5.41, 5.74) is 7.00. The van der Waals surface area contributed by atoms with Gasteiger partial charge in [-0.1, -0.05) is 11.6 Å². The van der Waals surface area contributed by atoms with Gasteiger partial charge < -0.3 is 11.1 Å². The molecule has 3 N–H and O–H groups in total. The van der Waals surface area contributed by atoms with Crippen LogP contribution in [0.15, 0.2) is 36.7 Å². The summed E-state index contributed by atoms with van der Waals surface area (Å²) < 4.78 is 1.72. The molecule has 0 spiro atoms. The van der Waals surface area contributed by atoms with Crippen LogP contribution < -0.4 is 11.1 Å². The molecule has 5 nitrogen and oxygen atoms in total. The van der Waals surface area contributed by atoms with Crippen LogP contribution in [0.4, 0.5) is 11.4 Å². The predicted octanol–water partition coefficient (Wildman–Crippen LogP) is 2.54. The number of nitrogen functional groups attached to an aromatic ring is 1. The summed E-state index contributed by atoms with van der Waals surface area (Å²) in [5.74, 6) is -0.0250. The van der Waals surface area contributed by atoms with Gasteiger partial charge in [-0.25, -0.2) is 0 Å². The second-order valence-electron chi connectivity index (χ2n) is 4.20. The number of nitrogens with one attached hydrogen (secondary N) is 1. The number of nitrogens with two attached hydrogens (primary N) is 1. The molecule has 100 valence electrons. The molecule has 1 heterocycles. The molecule has 6 heteroatoms. The fourth-order valence-corrected chi connectivity index (χ4v) is 1.81. The van der Waals surface area contributed by atoms with E-state index in [1.54, 1.807) is 41.3 Å².